The molecule has 0 aliphatic heterocycles. The first-order valence-electron chi connectivity index (χ1n) is 4.46. The first kappa shape index (κ1) is 11.3. The van der Waals surface area contributed by atoms with E-state index in [1.165, 1.54) is 12.8 Å². The van der Waals surface area contributed by atoms with E-state index in [2.05, 4.69) is 26.5 Å². The van der Waals surface area contributed by atoms with Gasteiger partial charge in [-0.2, -0.15) is 12.6 Å². The molecule has 0 amide bonds. The van der Waals surface area contributed by atoms with Gasteiger partial charge in [-0.15, -0.1) is 0 Å². The van der Waals surface area contributed by atoms with Crippen molar-refractivity contribution in [1.29, 1.82) is 0 Å². The standard InChI is InChI=1S/C9H20OS/c1-9(2)5-3-6-10-7-4-8-11/h9,11H,3-8H2,1-2H3. The molecule has 0 bridgehead atoms. The fourth-order valence-corrected chi connectivity index (χ4v) is 0.991. The molecule has 0 N–H and O–H groups in total. The van der Waals surface area contributed by atoms with Crippen LogP contribution in [0.4, 0.5) is 0 Å². The van der Waals surface area contributed by atoms with Crippen molar-refractivity contribution >= 4 is 12.6 Å². The monoisotopic (exact) mass is 176 g/mol. The molecule has 11 heavy (non-hydrogen) atoms. The van der Waals surface area contributed by atoms with Crippen LogP contribution in [-0.4, -0.2) is 19.0 Å². The molecule has 0 saturated carbocycles. The average Bonchev–Trinajstić information content (AvgIpc) is 1.96. The predicted molar refractivity (Wildman–Crippen MR) is 53.4 cm³/mol. The van der Waals surface area contributed by atoms with Gasteiger partial charge in [-0.1, -0.05) is 13.8 Å². The van der Waals surface area contributed by atoms with E-state index < -0.39 is 0 Å². The SMILES string of the molecule is CC(C)CCCOCCCS. The molecule has 0 saturated heterocycles. The molecule has 0 aliphatic rings. The molecule has 0 rings (SSSR count). The fourth-order valence-electron chi connectivity index (χ4n) is 0.862. The van der Waals surface area contributed by atoms with Crippen LogP contribution in [0.25, 0.3) is 0 Å². The molecule has 68 valence electrons. The summed E-state index contributed by atoms with van der Waals surface area (Å²) in [5, 5.41) is 0. The smallest absolute Gasteiger partial charge is 0.0473 e. The van der Waals surface area contributed by atoms with E-state index in [1.54, 1.807) is 0 Å². The van der Waals surface area contributed by atoms with Gasteiger partial charge < -0.3 is 4.74 Å². The van der Waals surface area contributed by atoms with Gasteiger partial charge in [0.05, 0.1) is 0 Å². The molecule has 0 heterocycles. The second-order valence-corrected chi connectivity index (χ2v) is 3.67. The normalized spacial score (nSPS) is 10.9. The summed E-state index contributed by atoms with van der Waals surface area (Å²) >= 11 is 4.10. The van der Waals surface area contributed by atoms with Gasteiger partial charge in [0.1, 0.15) is 0 Å². The van der Waals surface area contributed by atoms with Crippen LogP contribution in [0.2, 0.25) is 0 Å². The van der Waals surface area contributed by atoms with Gasteiger partial charge in [-0.05, 0) is 30.9 Å². The quantitative estimate of drug-likeness (QED) is 0.463. The maximum absolute atomic E-state index is 5.38. The van der Waals surface area contributed by atoms with Gasteiger partial charge in [0.15, 0.2) is 0 Å². The Morgan fingerprint density at radius 1 is 1.18 bits per heavy atom. The summed E-state index contributed by atoms with van der Waals surface area (Å²) in [4.78, 5) is 0. The van der Waals surface area contributed by atoms with Crippen molar-refractivity contribution in [2.75, 3.05) is 19.0 Å². The first-order chi connectivity index (χ1) is 5.27. The summed E-state index contributed by atoms with van der Waals surface area (Å²) < 4.78 is 5.38. The van der Waals surface area contributed by atoms with Crippen LogP contribution in [0.3, 0.4) is 0 Å². The van der Waals surface area contributed by atoms with Crippen molar-refractivity contribution in [2.45, 2.75) is 33.1 Å². The second-order valence-electron chi connectivity index (χ2n) is 3.23. The number of thiol groups is 1. The highest BCUT2D eigenvalue weighted by Gasteiger charge is 1.93. The molecule has 0 aromatic carbocycles. The Balaban J connectivity index is 2.80. The lowest BCUT2D eigenvalue weighted by atomic mass is 10.1. The van der Waals surface area contributed by atoms with Crippen LogP contribution >= 0.6 is 12.6 Å². The van der Waals surface area contributed by atoms with E-state index in [9.17, 15) is 0 Å². The Labute approximate surface area is 75.9 Å². The van der Waals surface area contributed by atoms with E-state index in [0.29, 0.717) is 0 Å². The number of hydrogen-bond donors (Lipinski definition) is 1. The minimum Gasteiger partial charge on any atom is -0.381 e. The third-order valence-corrected chi connectivity index (χ3v) is 1.83. The van der Waals surface area contributed by atoms with E-state index >= 15 is 0 Å². The molecule has 0 aromatic heterocycles. The van der Waals surface area contributed by atoms with E-state index in [-0.39, 0.29) is 0 Å². The Morgan fingerprint density at radius 2 is 1.82 bits per heavy atom. The lowest BCUT2D eigenvalue weighted by Gasteiger charge is -2.04. The zero-order chi connectivity index (χ0) is 8.53. The highest BCUT2D eigenvalue weighted by Crippen LogP contribution is 2.03. The Morgan fingerprint density at radius 3 is 2.36 bits per heavy atom. The molecule has 0 aliphatic carbocycles. The summed E-state index contributed by atoms with van der Waals surface area (Å²) in [5.41, 5.74) is 0. The average molecular weight is 176 g/mol. The van der Waals surface area contributed by atoms with Gasteiger partial charge in [0, 0.05) is 13.2 Å². The maximum Gasteiger partial charge on any atom is 0.0473 e. The molecule has 1 nitrogen and oxygen atoms in total. The molecule has 0 aromatic rings. The van der Waals surface area contributed by atoms with Crippen LogP contribution < -0.4 is 0 Å². The van der Waals surface area contributed by atoms with E-state index in [4.69, 9.17) is 4.74 Å². The third kappa shape index (κ3) is 10.3. The van der Waals surface area contributed by atoms with Crippen molar-refractivity contribution in [3.05, 3.63) is 0 Å². The van der Waals surface area contributed by atoms with Crippen molar-refractivity contribution in [2.24, 2.45) is 5.92 Å². The Bertz CT molecular complexity index is 74.0. The molecule has 0 radical (unpaired) electrons. The largest absolute Gasteiger partial charge is 0.381 e. The van der Waals surface area contributed by atoms with Crippen LogP contribution in [-0.2, 0) is 4.74 Å². The fraction of sp³-hybridized carbons (Fsp3) is 1.00. The molecule has 0 fully saturated rings. The van der Waals surface area contributed by atoms with Crippen LogP contribution in [0.1, 0.15) is 33.1 Å². The van der Waals surface area contributed by atoms with Crippen molar-refractivity contribution in [3.8, 4) is 0 Å². The van der Waals surface area contributed by atoms with Gasteiger partial charge in [-0.3, -0.25) is 0 Å². The van der Waals surface area contributed by atoms with E-state index in [1.807, 2.05) is 0 Å². The van der Waals surface area contributed by atoms with Gasteiger partial charge in [-0.25, -0.2) is 0 Å². The summed E-state index contributed by atoms with van der Waals surface area (Å²) in [6, 6.07) is 0. The zero-order valence-corrected chi connectivity index (χ0v) is 8.57. The number of rotatable bonds is 7. The highest BCUT2D eigenvalue weighted by molar-refractivity contribution is 7.80. The highest BCUT2D eigenvalue weighted by atomic mass is 32.1. The minimum atomic E-state index is 0.809. The summed E-state index contributed by atoms with van der Waals surface area (Å²) in [5.74, 6) is 1.74. The van der Waals surface area contributed by atoms with Gasteiger partial charge in [0.25, 0.3) is 0 Å². The second kappa shape index (κ2) is 8.41. The van der Waals surface area contributed by atoms with Crippen molar-refractivity contribution in [3.63, 3.8) is 0 Å². The maximum atomic E-state index is 5.38. The molecule has 0 unspecified atom stereocenters. The third-order valence-electron chi connectivity index (χ3n) is 1.52. The summed E-state index contributed by atoms with van der Waals surface area (Å²) in [7, 11) is 0. The topological polar surface area (TPSA) is 9.23 Å². The summed E-state index contributed by atoms with van der Waals surface area (Å²) in [6.07, 6.45) is 3.55. The van der Waals surface area contributed by atoms with Crippen LogP contribution in [0, 0.1) is 5.92 Å². The Hall–Kier alpha value is 0.310. The van der Waals surface area contributed by atoms with Gasteiger partial charge in [0.2, 0.25) is 0 Å². The Kier molecular flexibility index (Phi) is 8.64. The first-order valence-corrected chi connectivity index (χ1v) is 5.09. The lowest BCUT2D eigenvalue weighted by Crippen LogP contribution is -1.99. The molecule has 2 heteroatoms. The number of hydrogen-bond acceptors (Lipinski definition) is 2. The van der Waals surface area contributed by atoms with E-state index in [0.717, 1.165) is 31.3 Å². The zero-order valence-electron chi connectivity index (χ0n) is 7.68. The summed E-state index contributed by atoms with van der Waals surface area (Å²) in [6.45, 7) is 6.29. The predicted octanol–water partition coefficient (Wildman–Crippen LogP) is 2.76. The molecular formula is C9H20OS. The molecule has 0 atom stereocenters. The van der Waals surface area contributed by atoms with Crippen LogP contribution in [0.5, 0.6) is 0 Å². The van der Waals surface area contributed by atoms with Crippen molar-refractivity contribution in [1.82, 2.24) is 0 Å². The van der Waals surface area contributed by atoms with Crippen LogP contribution in [0.15, 0.2) is 0 Å². The molecular weight excluding hydrogens is 156 g/mol. The molecule has 0 spiro atoms. The minimum absolute atomic E-state index is 0.809. The van der Waals surface area contributed by atoms with Gasteiger partial charge >= 0.3 is 0 Å². The number of ether oxygens (including phenoxy) is 1. The lowest BCUT2D eigenvalue weighted by molar-refractivity contribution is 0.129. The van der Waals surface area contributed by atoms with Crippen molar-refractivity contribution < 1.29 is 4.74 Å².